The van der Waals surface area contributed by atoms with Crippen LogP contribution in [-0.2, 0) is 6.42 Å². The van der Waals surface area contributed by atoms with Gasteiger partial charge in [-0.1, -0.05) is 30.3 Å². The van der Waals surface area contributed by atoms with Crippen molar-refractivity contribution in [2.45, 2.75) is 12.5 Å². The van der Waals surface area contributed by atoms with Gasteiger partial charge in [0.05, 0.1) is 11.7 Å². The van der Waals surface area contributed by atoms with Gasteiger partial charge in [0.15, 0.2) is 5.82 Å². The van der Waals surface area contributed by atoms with Crippen LogP contribution in [0.4, 0.5) is 5.82 Å². The Morgan fingerprint density at radius 1 is 0.889 bits per heavy atom. The molecular weight excluding hydrogens is 336 g/mol. The summed E-state index contributed by atoms with van der Waals surface area (Å²) in [6.07, 6.45) is 7.75. The van der Waals surface area contributed by atoms with Gasteiger partial charge in [0.2, 0.25) is 0 Å². The number of pyridine rings is 2. The van der Waals surface area contributed by atoms with Crippen molar-refractivity contribution in [3.63, 3.8) is 0 Å². The Bertz CT molecular complexity index is 1020. The fraction of sp³-hybridized carbons (Fsp3) is 0.143. The Hall–Kier alpha value is -3.38. The second kappa shape index (κ2) is 7.88. The molecule has 0 bridgehead atoms. The fourth-order valence-corrected chi connectivity index (χ4v) is 2.96. The lowest BCUT2D eigenvalue weighted by Crippen LogP contribution is -2.31. The molecule has 3 heterocycles. The summed E-state index contributed by atoms with van der Waals surface area (Å²) in [7, 11) is 0. The highest BCUT2D eigenvalue weighted by molar-refractivity contribution is 5.89. The van der Waals surface area contributed by atoms with E-state index in [1.807, 2.05) is 36.4 Å². The minimum Gasteiger partial charge on any atom is -0.368 e. The van der Waals surface area contributed by atoms with Gasteiger partial charge in [-0.2, -0.15) is 0 Å². The standard InChI is InChI=1S/C21H20N6/c22-17(12-15-4-2-1-3-5-15)13-25-21-18-8-11-24-14-19(18)26-20(27-21)16-6-9-23-10-7-16/h1-11,14,17H,12-13,22H2,(H,25,26,27)/t17-/m1/s1. The molecule has 6 nitrogen and oxygen atoms in total. The normalized spacial score (nSPS) is 12.0. The molecule has 134 valence electrons. The van der Waals surface area contributed by atoms with Crippen LogP contribution in [0.25, 0.3) is 22.3 Å². The van der Waals surface area contributed by atoms with Crippen molar-refractivity contribution in [2.75, 3.05) is 11.9 Å². The largest absolute Gasteiger partial charge is 0.368 e. The van der Waals surface area contributed by atoms with Crippen LogP contribution < -0.4 is 11.1 Å². The van der Waals surface area contributed by atoms with Gasteiger partial charge in [-0.25, -0.2) is 9.97 Å². The average Bonchev–Trinajstić information content (AvgIpc) is 2.73. The Morgan fingerprint density at radius 2 is 1.67 bits per heavy atom. The van der Waals surface area contributed by atoms with Crippen molar-refractivity contribution in [2.24, 2.45) is 5.73 Å². The number of anilines is 1. The predicted molar refractivity (Wildman–Crippen MR) is 107 cm³/mol. The third-order valence-corrected chi connectivity index (χ3v) is 4.31. The number of benzene rings is 1. The maximum atomic E-state index is 6.32. The Morgan fingerprint density at radius 3 is 2.48 bits per heavy atom. The monoisotopic (exact) mass is 356 g/mol. The zero-order chi connectivity index (χ0) is 18.5. The molecule has 0 unspecified atom stereocenters. The lowest BCUT2D eigenvalue weighted by molar-refractivity contribution is 0.698. The molecule has 0 saturated carbocycles. The van der Waals surface area contributed by atoms with Crippen molar-refractivity contribution in [3.8, 4) is 11.4 Å². The number of hydrogen-bond acceptors (Lipinski definition) is 6. The number of rotatable bonds is 6. The Kier molecular flexibility index (Phi) is 4.98. The lowest BCUT2D eigenvalue weighted by Gasteiger charge is -2.15. The first-order chi connectivity index (χ1) is 13.3. The van der Waals surface area contributed by atoms with Gasteiger partial charge >= 0.3 is 0 Å². The zero-order valence-corrected chi connectivity index (χ0v) is 14.8. The van der Waals surface area contributed by atoms with Gasteiger partial charge in [-0.05, 0) is 30.2 Å². The van der Waals surface area contributed by atoms with Gasteiger partial charge in [0, 0.05) is 42.1 Å². The molecule has 6 heteroatoms. The fourth-order valence-electron chi connectivity index (χ4n) is 2.96. The van der Waals surface area contributed by atoms with Gasteiger partial charge < -0.3 is 11.1 Å². The highest BCUT2D eigenvalue weighted by Crippen LogP contribution is 2.24. The molecule has 0 saturated heterocycles. The van der Waals surface area contributed by atoms with Crippen molar-refractivity contribution < 1.29 is 0 Å². The van der Waals surface area contributed by atoms with E-state index in [4.69, 9.17) is 10.7 Å². The number of nitrogens with two attached hydrogens (primary N) is 1. The molecule has 0 aliphatic rings. The number of fused-ring (bicyclic) bond motifs is 1. The maximum absolute atomic E-state index is 6.32. The average molecular weight is 356 g/mol. The van der Waals surface area contributed by atoms with E-state index >= 15 is 0 Å². The molecule has 4 aromatic rings. The van der Waals surface area contributed by atoms with E-state index in [1.165, 1.54) is 5.56 Å². The SMILES string of the molecule is N[C@@H](CNc1nc(-c2ccncc2)nc2cnccc12)Cc1ccccc1. The van der Waals surface area contributed by atoms with E-state index < -0.39 is 0 Å². The molecule has 0 radical (unpaired) electrons. The van der Waals surface area contributed by atoms with Crippen LogP contribution in [0.1, 0.15) is 5.56 Å². The summed E-state index contributed by atoms with van der Waals surface area (Å²) in [5.41, 5.74) is 9.24. The molecule has 1 aromatic carbocycles. The first-order valence-electron chi connectivity index (χ1n) is 8.85. The van der Waals surface area contributed by atoms with Crippen LogP contribution >= 0.6 is 0 Å². The van der Waals surface area contributed by atoms with Crippen LogP contribution in [0.5, 0.6) is 0 Å². The van der Waals surface area contributed by atoms with E-state index in [0.29, 0.717) is 12.4 Å². The number of nitrogens with zero attached hydrogens (tertiary/aromatic N) is 4. The van der Waals surface area contributed by atoms with Gasteiger partial charge in [-0.3, -0.25) is 9.97 Å². The van der Waals surface area contributed by atoms with Crippen molar-refractivity contribution in [3.05, 3.63) is 78.9 Å². The zero-order valence-electron chi connectivity index (χ0n) is 14.8. The quantitative estimate of drug-likeness (QED) is 0.552. The summed E-state index contributed by atoms with van der Waals surface area (Å²) in [6.45, 7) is 0.610. The molecule has 0 aliphatic carbocycles. The van der Waals surface area contributed by atoms with Crippen molar-refractivity contribution in [1.82, 2.24) is 19.9 Å². The molecular formula is C21H20N6. The molecule has 0 fully saturated rings. The highest BCUT2D eigenvalue weighted by Gasteiger charge is 2.11. The number of nitrogens with one attached hydrogen (secondary N) is 1. The Labute approximate surface area is 157 Å². The summed E-state index contributed by atoms with van der Waals surface area (Å²) in [5.74, 6) is 1.40. The van der Waals surface area contributed by atoms with Crippen LogP contribution in [0, 0.1) is 0 Å². The van der Waals surface area contributed by atoms with Crippen LogP contribution in [0.15, 0.2) is 73.3 Å². The summed E-state index contributed by atoms with van der Waals surface area (Å²) < 4.78 is 0. The Balaban J connectivity index is 1.58. The molecule has 0 amide bonds. The molecule has 0 aliphatic heterocycles. The van der Waals surface area contributed by atoms with Crippen molar-refractivity contribution in [1.29, 1.82) is 0 Å². The second-order valence-corrected chi connectivity index (χ2v) is 6.36. The van der Waals surface area contributed by atoms with Crippen LogP contribution in [-0.4, -0.2) is 32.5 Å². The third-order valence-electron chi connectivity index (χ3n) is 4.31. The smallest absolute Gasteiger partial charge is 0.162 e. The molecule has 27 heavy (non-hydrogen) atoms. The minimum atomic E-state index is -0.0244. The summed E-state index contributed by atoms with van der Waals surface area (Å²) in [5, 5.41) is 4.32. The van der Waals surface area contributed by atoms with E-state index in [9.17, 15) is 0 Å². The molecule has 1 atom stereocenters. The molecule has 0 spiro atoms. The highest BCUT2D eigenvalue weighted by atomic mass is 15.0. The third kappa shape index (κ3) is 4.07. The second-order valence-electron chi connectivity index (χ2n) is 6.36. The number of hydrogen-bond donors (Lipinski definition) is 2. The van der Waals surface area contributed by atoms with Crippen LogP contribution in [0.2, 0.25) is 0 Å². The van der Waals surface area contributed by atoms with Gasteiger partial charge in [0.25, 0.3) is 0 Å². The lowest BCUT2D eigenvalue weighted by atomic mass is 10.1. The van der Waals surface area contributed by atoms with Crippen molar-refractivity contribution >= 4 is 16.7 Å². The van der Waals surface area contributed by atoms with E-state index in [-0.39, 0.29) is 6.04 Å². The van der Waals surface area contributed by atoms with Gasteiger partial charge in [-0.15, -0.1) is 0 Å². The molecule has 3 aromatic heterocycles. The summed E-state index contributed by atoms with van der Waals surface area (Å²) in [6, 6.07) is 15.9. The van der Waals surface area contributed by atoms with E-state index in [0.717, 1.165) is 28.7 Å². The maximum Gasteiger partial charge on any atom is 0.162 e. The summed E-state index contributed by atoms with van der Waals surface area (Å²) in [4.78, 5) is 17.6. The molecule has 3 N–H and O–H groups in total. The topological polar surface area (TPSA) is 89.6 Å². The first-order valence-corrected chi connectivity index (χ1v) is 8.85. The first kappa shape index (κ1) is 17.1. The molecule has 4 rings (SSSR count). The van der Waals surface area contributed by atoms with Gasteiger partial charge in [0.1, 0.15) is 5.82 Å². The van der Waals surface area contributed by atoms with Crippen LogP contribution in [0.3, 0.4) is 0 Å². The number of aromatic nitrogens is 4. The minimum absolute atomic E-state index is 0.0244. The van der Waals surface area contributed by atoms with E-state index in [1.54, 1.807) is 24.8 Å². The summed E-state index contributed by atoms with van der Waals surface area (Å²) >= 11 is 0. The van der Waals surface area contributed by atoms with E-state index in [2.05, 4.69) is 32.4 Å². The predicted octanol–water partition coefficient (Wildman–Crippen LogP) is 3.07.